The van der Waals surface area contributed by atoms with E-state index >= 15 is 0 Å². The van der Waals surface area contributed by atoms with Gasteiger partial charge in [0.1, 0.15) is 11.4 Å². The van der Waals surface area contributed by atoms with Gasteiger partial charge in [-0.25, -0.2) is 4.98 Å². The third-order valence-electron chi connectivity index (χ3n) is 4.67. The molecule has 0 atom stereocenters. The molecule has 0 aromatic carbocycles. The number of carbonyl (C=O) groups is 1. The Balaban J connectivity index is 1.39. The fourth-order valence-electron chi connectivity index (χ4n) is 2.80. The number of carbonyl (C=O) groups excluding carboxylic acids is 1. The number of aromatic nitrogens is 4. The second kappa shape index (κ2) is 5.33. The van der Waals surface area contributed by atoms with Gasteiger partial charge in [-0.1, -0.05) is 0 Å². The minimum Gasteiger partial charge on any atom is -0.351 e. The van der Waals surface area contributed by atoms with Gasteiger partial charge in [0.25, 0.3) is 11.5 Å². The lowest BCUT2D eigenvalue weighted by atomic mass is 10.1. The van der Waals surface area contributed by atoms with Gasteiger partial charge in [-0.15, -0.1) is 0 Å². The molecule has 2 heterocycles. The van der Waals surface area contributed by atoms with Crippen molar-refractivity contribution in [2.75, 3.05) is 6.54 Å². The Bertz CT molecular complexity index is 772. The van der Waals surface area contributed by atoms with E-state index in [0.29, 0.717) is 18.3 Å². The second-order valence-electron chi connectivity index (χ2n) is 6.67. The first kappa shape index (κ1) is 14.2. The number of amides is 1. The molecule has 23 heavy (non-hydrogen) atoms. The van der Waals surface area contributed by atoms with Crippen molar-refractivity contribution < 1.29 is 4.79 Å². The molecule has 0 bridgehead atoms. The fraction of sp³-hybridized carbons (Fsp3) is 0.500. The number of nitrogens with zero attached hydrogens (tertiary/aromatic N) is 3. The van der Waals surface area contributed by atoms with Gasteiger partial charge in [-0.3, -0.25) is 14.3 Å². The summed E-state index contributed by atoms with van der Waals surface area (Å²) in [6.07, 6.45) is 9.31. The lowest BCUT2D eigenvalue weighted by Crippen LogP contribution is -2.35. The Morgan fingerprint density at radius 2 is 2.26 bits per heavy atom. The van der Waals surface area contributed by atoms with Crippen LogP contribution in [-0.2, 0) is 6.54 Å². The fourth-order valence-corrected chi connectivity index (χ4v) is 2.80. The zero-order valence-electron chi connectivity index (χ0n) is 12.8. The van der Waals surface area contributed by atoms with Crippen LogP contribution in [0.15, 0.2) is 29.5 Å². The minimum atomic E-state index is -0.354. The Kier molecular flexibility index (Phi) is 3.28. The average Bonchev–Trinajstić information content (AvgIpc) is 3.45. The summed E-state index contributed by atoms with van der Waals surface area (Å²) in [7, 11) is 0. The van der Waals surface area contributed by atoms with Crippen molar-refractivity contribution in [3.8, 4) is 0 Å². The summed E-state index contributed by atoms with van der Waals surface area (Å²) in [5, 5.41) is 7.09. The molecule has 0 spiro atoms. The van der Waals surface area contributed by atoms with Crippen LogP contribution in [0.25, 0.3) is 0 Å². The van der Waals surface area contributed by atoms with Crippen molar-refractivity contribution in [2.24, 2.45) is 5.41 Å². The molecule has 2 aromatic heterocycles. The van der Waals surface area contributed by atoms with Crippen molar-refractivity contribution in [1.82, 2.24) is 25.1 Å². The maximum atomic E-state index is 12.2. The van der Waals surface area contributed by atoms with Gasteiger partial charge in [-0.05, 0) is 31.7 Å². The molecule has 2 aromatic rings. The van der Waals surface area contributed by atoms with Gasteiger partial charge < -0.3 is 10.3 Å². The molecule has 2 fully saturated rings. The molecule has 4 rings (SSSR count). The molecule has 2 N–H and O–H groups in total. The number of hydrogen-bond donors (Lipinski definition) is 2. The predicted octanol–water partition coefficient (Wildman–Crippen LogP) is 1.05. The topological polar surface area (TPSA) is 92.7 Å². The van der Waals surface area contributed by atoms with E-state index in [1.807, 2.05) is 16.9 Å². The van der Waals surface area contributed by atoms with Crippen LogP contribution >= 0.6 is 0 Å². The molecular formula is C16H19N5O2. The number of rotatable bonds is 6. The van der Waals surface area contributed by atoms with E-state index in [0.717, 1.165) is 32.2 Å². The first-order valence-corrected chi connectivity index (χ1v) is 8.00. The standard InChI is InChI=1S/C16H19N5O2/c22-14(12-8-17-13(11-2-3-11)20-15(12)23)18-9-16(4-5-16)10-21-7-1-6-19-21/h1,6-8,11H,2-5,9-10H2,(H,18,22)(H,17,20,23). The van der Waals surface area contributed by atoms with Gasteiger partial charge in [0.2, 0.25) is 0 Å². The first-order valence-electron chi connectivity index (χ1n) is 8.00. The largest absolute Gasteiger partial charge is 0.351 e. The summed E-state index contributed by atoms with van der Waals surface area (Å²) >= 11 is 0. The summed E-state index contributed by atoms with van der Waals surface area (Å²) in [5.74, 6) is 0.709. The summed E-state index contributed by atoms with van der Waals surface area (Å²) < 4.78 is 1.89. The molecule has 120 valence electrons. The maximum Gasteiger partial charge on any atom is 0.263 e. The van der Waals surface area contributed by atoms with Crippen molar-refractivity contribution in [3.63, 3.8) is 0 Å². The highest BCUT2D eigenvalue weighted by Gasteiger charge is 2.43. The molecule has 0 unspecified atom stereocenters. The Morgan fingerprint density at radius 3 is 2.87 bits per heavy atom. The smallest absolute Gasteiger partial charge is 0.263 e. The number of H-pyrrole nitrogens is 1. The van der Waals surface area contributed by atoms with Crippen molar-refractivity contribution in [2.45, 2.75) is 38.1 Å². The van der Waals surface area contributed by atoms with Crippen LogP contribution in [0, 0.1) is 5.41 Å². The second-order valence-corrected chi connectivity index (χ2v) is 6.67. The van der Waals surface area contributed by atoms with E-state index in [-0.39, 0.29) is 22.4 Å². The minimum absolute atomic E-state index is 0.0653. The van der Waals surface area contributed by atoms with Gasteiger partial charge in [0.05, 0.1) is 0 Å². The Labute approximate surface area is 133 Å². The Hall–Kier alpha value is -2.44. The lowest BCUT2D eigenvalue weighted by Gasteiger charge is -2.16. The van der Waals surface area contributed by atoms with E-state index in [9.17, 15) is 9.59 Å². The molecular weight excluding hydrogens is 294 g/mol. The molecule has 7 nitrogen and oxygen atoms in total. The van der Waals surface area contributed by atoms with Crippen molar-refractivity contribution >= 4 is 5.91 Å². The lowest BCUT2D eigenvalue weighted by molar-refractivity contribution is 0.0940. The number of nitrogens with one attached hydrogen (secondary N) is 2. The van der Waals surface area contributed by atoms with E-state index < -0.39 is 0 Å². The third-order valence-corrected chi connectivity index (χ3v) is 4.67. The van der Waals surface area contributed by atoms with Crippen LogP contribution in [0.2, 0.25) is 0 Å². The van der Waals surface area contributed by atoms with E-state index in [2.05, 4.69) is 20.4 Å². The van der Waals surface area contributed by atoms with Gasteiger partial charge >= 0.3 is 0 Å². The number of aromatic amines is 1. The first-order chi connectivity index (χ1) is 11.2. The average molecular weight is 313 g/mol. The van der Waals surface area contributed by atoms with Gasteiger partial charge in [-0.2, -0.15) is 5.10 Å². The van der Waals surface area contributed by atoms with Gasteiger partial charge in [0.15, 0.2) is 0 Å². The van der Waals surface area contributed by atoms with E-state index in [4.69, 9.17) is 0 Å². The highest BCUT2D eigenvalue weighted by molar-refractivity contribution is 5.93. The van der Waals surface area contributed by atoms with Crippen LogP contribution in [0.4, 0.5) is 0 Å². The highest BCUT2D eigenvalue weighted by Crippen LogP contribution is 2.46. The van der Waals surface area contributed by atoms with E-state index in [1.165, 1.54) is 6.20 Å². The quantitative estimate of drug-likeness (QED) is 0.834. The summed E-state index contributed by atoms with van der Waals surface area (Å²) in [6.45, 7) is 1.34. The predicted molar refractivity (Wildman–Crippen MR) is 83.1 cm³/mol. The molecule has 2 aliphatic carbocycles. The zero-order valence-corrected chi connectivity index (χ0v) is 12.8. The van der Waals surface area contributed by atoms with Crippen LogP contribution in [0.3, 0.4) is 0 Å². The van der Waals surface area contributed by atoms with Crippen molar-refractivity contribution in [1.29, 1.82) is 0 Å². The molecule has 2 saturated carbocycles. The molecule has 0 radical (unpaired) electrons. The van der Waals surface area contributed by atoms with E-state index in [1.54, 1.807) is 6.20 Å². The normalized spacial score (nSPS) is 18.6. The maximum absolute atomic E-state index is 12.2. The van der Waals surface area contributed by atoms with Crippen LogP contribution in [0.5, 0.6) is 0 Å². The molecule has 0 saturated heterocycles. The third kappa shape index (κ3) is 3.04. The monoisotopic (exact) mass is 313 g/mol. The van der Waals surface area contributed by atoms with Crippen LogP contribution in [0.1, 0.15) is 47.8 Å². The zero-order chi connectivity index (χ0) is 15.9. The van der Waals surface area contributed by atoms with Crippen LogP contribution < -0.4 is 10.9 Å². The SMILES string of the molecule is O=C(NCC1(Cn2cccn2)CC1)c1cnc(C2CC2)[nH]c1=O. The Morgan fingerprint density at radius 1 is 1.43 bits per heavy atom. The molecule has 0 aliphatic heterocycles. The summed E-state index contributed by atoms with van der Waals surface area (Å²) in [6, 6.07) is 1.89. The molecule has 7 heteroatoms. The summed E-state index contributed by atoms with van der Waals surface area (Å²) in [5.41, 5.74) is -0.198. The van der Waals surface area contributed by atoms with Gasteiger partial charge in [0, 0.05) is 43.0 Å². The van der Waals surface area contributed by atoms with Crippen LogP contribution in [-0.4, -0.2) is 32.2 Å². The molecule has 1 amide bonds. The van der Waals surface area contributed by atoms with Crippen molar-refractivity contribution in [3.05, 3.63) is 46.4 Å². The molecule has 2 aliphatic rings. The highest BCUT2D eigenvalue weighted by atomic mass is 16.2. The number of hydrogen-bond acceptors (Lipinski definition) is 4. The summed E-state index contributed by atoms with van der Waals surface area (Å²) in [4.78, 5) is 31.2.